The van der Waals surface area contributed by atoms with Crippen molar-refractivity contribution in [2.45, 2.75) is 52.9 Å². The summed E-state index contributed by atoms with van der Waals surface area (Å²) in [5.74, 6) is 1.65. The van der Waals surface area contributed by atoms with Crippen molar-refractivity contribution in [1.82, 2.24) is 24.6 Å². The molecule has 0 saturated carbocycles. The molecular weight excluding hydrogens is 491 g/mol. The molecule has 1 aliphatic heterocycles. The highest BCUT2D eigenvalue weighted by molar-refractivity contribution is 5.91. The molecule has 0 bridgehead atoms. The molecule has 204 valence electrons. The lowest BCUT2D eigenvalue weighted by Crippen LogP contribution is -2.50. The minimum absolute atomic E-state index is 0.107. The van der Waals surface area contributed by atoms with Crippen LogP contribution in [0.5, 0.6) is 0 Å². The van der Waals surface area contributed by atoms with Gasteiger partial charge in [-0.1, -0.05) is 57.0 Å². The number of carbonyl (C=O) groups excluding carboxylic acids is 1. The lowest BCUT2D eigenvalue weighted by atomic mass is 9.97. The number of nitrogens with zero attached hydrogens (tertiary/aromatic N) is 6. The lowest BCUT2D eigenvalue weighted by molar-refractivity contribution is -0.136. The number of halogens is 1. The van der Waals surface area contributed by atoms with Crippen LogP contribution in [-0.4, -0.2) is 56.7 Å². The van der Waals surface area contributed by atoms with Crippen LogP contribution in [0.3, 0.4) is 0 Å². The SMILES string of the molecule is CCCCC(CC)C(=O)N1CCN(c2nc(Cc3ccccc3)nc3c2c(C)nn3-c2ccc(F)cc2)CC1. The summed E-state index contributed by atoms with van der Waals surface area (Å²) >= 11 is 0. The second-order valence-electron chi connectivity index (χ2n) is 10.4. The van der Waals surface area contributed by atoms with Crippen molar-refractivity contribution in [3.8, 4) is 5.69 Å². The van der Waals surface area contributed by atoms with Crippen LogP contribution in [-0.2, 0) is 11.2 Å². The van der Waals surface area contributed by atoms with Crippen LogP contribution < -0.4 is 4.90 Å². The minimum atomic E-state index is -0.292. The van der Waals surface area contributed by atoms with Gasteiger partial charge in [0.2, 0.25) is 5.91 Å². The number of anilines is 1. The molecule has 2 aromatic heterocycles. The van der Waals surface area contributed by atoms with Gasteiger partial charge in [-0.05, 0) is 49.6 Å². The zero-order valence-corrected chi connectivity index (χ0v) is 23.1. The van der Waals surface area contributed by atoms with E-state index in [1.54, 1.807) is 16.8 Å². The molecular formula is C31H37FN6O. The van der Waals surface area contributed by atoms with Crippen molar-refractivity contribution in [3.05, 3.63) is 77.5 Å². The Morgan fingerprint density at radius 2 is 1.69 bits per heavy atom. The standard InChI is InChI=1S/C31H37FN6O/c1-4-6-12-24(5-2)31(39)37-19-17-36(18-20-37)29-28-22(3)35-38(26-15-13-25(32)14-16-26)30(28)34-27(33-29)21-23-10-8-7-9-11-23/h7-11,13-16,24H,4-6,12,17-21H2,1-3H3. The summed E-state index contributed by atoms with van der Waals surface area (Å²) in [5.41, 5.74) is 3.40. The summed E-state index contributed by atoms with van der Waals surface area (Å²) in [4.78, 5) is 27.5. The van der Waals surface area contributed by atoms with Gasteiger partial charge in [0, 0.05) is 38.5 Å². The van der Waals surface area contributed by atoms with Crippen LogP contribution in [0.4, 0.5) is 10.2 Å². The maximum Gasteiger partial charge on any atom is 0.225 e. The van der Waals surface area contributed by atoms with Crippen LogP contribution >= 0.6 is 0 Å². The Balaban J connectivity index is 1.48. The Hall–Kier alpha value is -3.81. The van der Waals surface area contributed by atoms with E-state index in [1.807, 2.05) is 30.0 Å². The third kappa shape index (κ3) is 5.79. The van der Waals surface area contributed by atoms with E-state index in [1.165, 1.54) is 12.1 Å². The number of fused-ring (bicyclic) bond motifs is 1. The van der Waals surface area contributed by atoms with E-state index in [0.717, 1.165) is 53.8 Å². The first-order valence-corrected chi connectivity index (χ1v) is 14.1. The van der Waals surface area contributed by atoms with Crippen LogP contribution in [0.15, 0.2) is 54.6 Å². The quantitative estimate of drug-likeness (QED) is 0.278. The van der Waals surface area contributed by atoms with Gasteiger partial charge in [-0.25, -0.2) is 19.0 Å². The molecule has 0 N–H and O–H groups in total. The molecule has 1 atom stereocenters. The number of benzene rings is 2. The van der Waals surface area contributed by atoms with Crippen LogP contribution in [0.1, 0.15) is 56.6 Å². The highest BCUT2D eigenvalue weighted by Crippen LogP contribution is 2.30. The maximum atomic E-state index is 13.7. The van der Waals surface area contributed by atoms with Gasteiger partial charge in [-0.3, -0.25) is 4.79 Å². The Kier molecular flexibility index (Phi) is 8.19. The van der Waals surface area contributed by atoms with Gasteiger partial charge in [-0.15, -0.1) is 0 Å². The molecule has 1 aliphatic rings. The van der Waals surface area contributed by atoms with Gasteiger partial charge in [0.25, 0.3) is 0 Å². The molecule has 2 aromatic carbocycles. The average Bonchev–Trinajstić information content (AvgIpc) is 3.30. The van der Waals surface area contributed by atoms with Crippen LogP contribution in [0, 0.1) is 18.7 Å². The fourth-order valence-electron chi connectivity index (χ4n) is 5.40. The van der Waals surface area contributed by atoms with Gasteiger partial charge in [-0.2, -0.15) is 5.10 Å². The molecule has 39 heavy (non-hydrogen) atoms. The van der Waals surface area contributed by atoms with Crippen LogP contribution in [0.25, 0.3) is 16.7 Å². The summed E-state index contributed by atoms with van der Waals surface area (Å²) in [6.45, 7) is 9.00. The van der Waals surface area contributed by atoms with Gasteiger partial charge >= 0.3 is 0 Å². The van der Waals surface area contributed by atoms with Crippen molar-refractivity contribution in [2.75, 3.05) is 31.1 Å². The molecule has 5 rings (SSSR count). The third-order valence-corrected chi connectivity index (χ3v) is 7.64. The summed E-state index contributed by atoms with van der Waals surface area (Å²) < 4.78 is 15.4. The van der Waals surface area contributed by atoms with Crippen molar-refractivity contribution in [2.24, 2.45) is 5.92 Å². The maximum absolute atomic E-state index is 13.7. The van der Waals surface area contributed by atoms with Crippen LogP contribution in [0.2, 0.25) is 0 Å². The summed E-state index contributed by atoms with van der Waals surface area (Å²) in [7, 11) is 0. The van der Waals surface area contributed by atoms with E-state index in [9.17, 15) is 9.18 Å². The summed E-state index contributed by atoms with van der Waals surface area (Å²) in [6.07, 6.45) is 4.63. The zero-order valence-electron chi connectivity index (χ0n) is 23.1. The van der Waals surface area contributed by atoms with Crippen molar-refractivity contribution in [3.63, 3.8) is 0 Å². The van der Waals surface area contributed by atoms with Gasteiger partial charge < -0.3 is 9.80 Å². The van der Waals surface area contributed by atoms with Crippen molar-refractivity contribution in [1.29, 1.82) is 0 Å². The summed E-state index contributed by atoms with van der Waals surface area (Å²) in [6, 6.07) is 16.5. The van der Waals surface area contributed by atoms with Crippen molar-refractivity contribution < 1.29 is 9.18 Å². The minimum Gasteiger partial charge on any atom is -0.352 e. The first-order valence-electron chi connectivity index (χ1n) is 14.1. The predicted molar refractivity (Wildman–Crippen MR) is 153 cm³/mol. The predicted octanol–water partition coefficient (Wildman–Crippen LogP) is 5.72. The second kappa shape index (κ2) is 11.9. The average molecular weight is 529 g/mol. The number of amides is 1. The Morgan fingerprint density at radius 1 is 0.974 bits per heavy atom. The Labute approximate surface area is 229 Å². The molecule has 1 saturated heterocycles. The molecule has 3 heterocycles. The molecule has 0 radical (unpaired) electrons. The Morgan fingerprint density at radius 3 is 2.36 bits per heavy atom. The van der Waals surface area contributed by atoms with E-state index in [-0.39, 0.29) is 17.6 Å². The van der Waals surface area contributed by atoms with E-state index < -0.39 is 0 Å². The topological polar surface area (TPSA) is 67.2 Å². The first kappa shape index (κ1) is 26.8. The number of piperazine rings is 1. The van der Waals surface area contributed by atoms with E-state index in [0.29, 0.717) is 44.1 Å². The molecule has 1 fully saturated rings. The number of rotatable bonds is 9. The lowest BCUT2D eigenvalue weighted by Gasteiger charge is -2.37. The van der Waals surface area contributed by atoms with Crippen molar-refractivity contribution >= 4 is 22.8 Å². The molecule has 1 amide bonds. The monoisotopic (exact) mass is 528 g/mol. The zero-order chi connectivity index (χ0) is 27.4. The van der Waals surface area contributed by atoms with Gasteiger partial charge in [0.1, 0.15) is 17.5 Å². The van der Waals surface area contributed by atoms with E-state index in [2.05, 4.69) is 30.9 Å². The number of aryl methyl sites for hydroxylation is 1. The van der Waals surface area contributed by atoms with E-state index in [4.69, 9.17) is 15.1 Å². The molecule has 0 aliphatic carbocycles. The number of aromatic nitrogens is 4. The summed E-state index contributed by atoms with van der Waals surface area (Å²) in [5, 5.41) is 5.69. The largest absolute Gasteiger partial charge is 0.352 e. The smallest absolute Gasteiger partial charge is 0.225 e. The first-order chi connectivity index (χ1) is 19.0. The highest BCUT2D eigenvalue weighted by atomic mass is 19.1. The molecule has 8 heteroatoms. The van der Waals surface area contributed by atoms with Gasteiger partial charge in [0.15, 0.2) is 5.65 Å². The molecule has 7 nitrogen and oxygen atoms in total. The number of carbonyl (C=O) groups is 1. The number of unbranched alkanes of at least 4 members (excludes halogenated alkanes) is 1. The normalized spacial score (nSPS) is 14.7. The second-order valence-corrected chi connectivity index (χ2v) is 10.4. The fourth-order valence-corrected chi connectivity index (χ4v) is 5.40. The van der Waals surface area contributed by atoms with E-state index >= 15 is 0 Å². The number of hydrogen-bond donors (Lipinski definition) is 0. The molecule has 1 unspecified atom stereocenters. The molecule has 4 aromatic rings. The number of hydrogen-bond acceptors (Lipinski definition) is 5. The third-order valence-electron chi connectivity index (χ3n) is 7.64. The fraction of sp³-hybridized carbons (Fsp3) is 0.419. The Bertz CT molecular complexity index is 1410. The highest BCUT2D eigenvalue weighted by Gasteiger charge is 2.29. The van der Waals surface area contributed by atoms with Gasteiger partial charge in [0.05, 0.1) is 16.8 Å². The molecule has 0 spiro atoms.